The summed E-state index contributed by atoms with van der Waals surface area (Å²) in [5.74, 6) is 0.411. The maximum Gasteiger partial charge on any atom is 0.226 e. The van der Waals surface area contributed by atoms with Crippen LogP contribution in [0.25, 0.3) is 0 Å². The molecule has 1 aliphatic carbocycles. The Morgan fingerprint density at radius 1 is 1.35 bits per heavy atom. The van der Waals surface area contributed by atoms with E-state index in [2.05, 4.69) is 10.3 Å². The first-order chi connectivity index (χ1) is 11.2. The van der Waals surface area contributed by atoms with Gasteiger partial charge in [-0.2, -0.15) is 0 Å². The van der Waals surface area contributed by atoms with E-state index in [0.29, 0.717) is 23.8 Å². The molecule has 0 aliphatic heterocycles. The zero-order valence-corrected chi connectivity index (χ0v) is 14.4. The Morgan fingerprint density at radius 2 is 2.13 bits per heavy atom. The van der Waals surface area contributed by atoms with Crippen LogP contribution in [0.15, 0.2) is 34.0 Å². The number of thioether (sulfide) groups is 1. The molecule has 0 bridgehead atoms. The second-order valence-electron chi connectivity index (χ2n) is 5.71. The van der Waals surface area contributed by atoms with E-state index in [1.165, 1.54) is 42.0 Å². The van der Waals surface area contributed by atoms with Crippen molar-refractivity contribution >= 4 is 29.0 Å². The van der Waals surface area contributed by atoms with Gasteiger partial charge in [0.15, 0.2) is 0 Å². The highest BCUT2D eigenvalue weighted by molar-refractivity contribution is 8.00. The molecule has 3 nitrogen and oxygen atoms in total. The maximum absolute atomic E-state index is 13.6. The molecule has 122 valence electrons. The molecule has 1 aromatic heterocycles. The fourth-order valence-electron chi connectivity index (χ4n) is 2.70. The first-order valence-electron chi connectivity index (χ1n) is 7.80. The summed E-state index contributed by atoms with van der Waals surface area (Å²) in [6.07, 6.45) is 4.92. The lowest BCUT2D eigenvalue weighted by molar-refractivity contribution is -0.121. The number of hydrogen-bond acceptors (Lipinski definition) is 4. The van der Waals surface area contributed by atoms with Crippen LogP contribution in [0.1, 0.15) is 36.9 Å². The zero-order valence-electron chi connectivity index (χ0n) is 12.8. The van der Waals surface area contributed by atoms with Crippen LogP contribution in [0, 0.1) is 5.82 Å². The average Bonchev–Trinajstić information content (AvgIpc) is 3.18. The van der Waals surface area contributed by atoms with E-state index in [1.807, 2.05) is 11.4 Å². The molecule has 1 heterocycles. The fraction of sp³-hybridized carbons (Fsp3) is 0.412. The molecule has 0 unspecified atom stereocenters. The molecular formula is C17H19FN2OS2. The molecule has 1 aliphatic rings. The maximum atomic E-state index is 13.6. The number of hydrogen-bond donors (Lipinski definition) is 1. The quantitative estimate of drug-likeness (QED) is 0.795. The molecule has 6 heteroatoms. The Labute approximate surface area is 143 Å². The number of carbonyl (C=O) groups excluding carboxylic acids is 1. The molecule has 0 saturated heterocycles. The first kappa shape index (κ1) is 16.5. The summed E-state index contributed by atoms with van der Waals surface area (Å²) in [5, 5.41) is 4.99. The SMILES string of the molecule is O=C(Cc1csc(SCc2ccccc2F)n1)NC1CCCC1. The van der Waals surface area contributed by atoms with Gasteiger partial charge in [-0.3, -0.25) is 4.79 Å². The van der Waals surface area contributed by atoms with E-state index >= 15 is 0 Å². The largest absolute Gasteiger partial charge is 0.353 e. The van der Waals surface area contributed by atoms with E-state index in [4.69, 9.17) is 0 Å². The van der Waals surface area contributed by atoms with Crippen LogP contribution in [-0.2, 0) is 17.0 Å². The molecule has 0 spiro atoms. The number of nitrogens with one attached hydrogen (secondary N) is 1. The number of nitrogens with zero attached hydrogens (tertiary/aromatic N) is 1. The molecule has 0 radical (unpaired) electrons. The Balaban J connectivity index is 1.49. The Kier molecular flexibility index (Phi) is 5.67. The zero-order chi connectivity index (χ0) is 16.1. The second-order valence-corrected chi connectivity index (χ2v) is 7.79. The third-order valence-electron chi connectivity index (χ3n) is 3.90. The highest BCUT2D eigenvalue weighted by atomic mass is 32.2. The van der Waals surface area contributed by atoms with Gasteiger partial charge in [0.1, 0.15) is 10.2 Å². The highest BCUT2D eigenvalue weighted by Crippen LogP contribution is 2.27. The molecule has 1 fully saturated rings. The molecule has 0 atom stereocenters. The van der Waals surface area contributed by atoms with Crippen LogP contribution in [0.5, 0.6) is 0 Å². The minimum Gasteiger partial charge on any atom is -0.353 e. The number of rotatable bonds is 6. The molecule has 3 rings (SSSR count). The first-order valence-corrected chi connectivity index (χ1v) is 9.67. The lowest BCUT2D eigenvalue weighted by Gasteiger charge is -2.10. The van der Waals surface area contributed by atoms with Crippen LogP contribution < -0.4 is 5.32 Å². The van der Waals surface area contributed by atoms with Crippen LogP contribution in [0.2, 0.25) is 0 Å². The van der Waals surface area contributed by atoms with E-state index in [0.717, 1.165) is 22.9 Å². The summed E-state index contributed by atoms with van der Waals surface area (Å²) < 4.78 is 14.5. The molecule has 1 aromatic carbocycles. The van der Waals surface area contributed by atoms with Crippen molar-refractivity contribution in [1.29, 1.82) is 0 Å². The topological polar surface area (TPSA) is 42.0 Å². The summed E-state index contributed by atoms with van der Waals surface area (Å²) in [5.41, 5.74) is 1.47. The number of aromatic nitrogens is 1. The van der Waals surface area contributed by atoms with Gasteiger partial charge in [0.25, 0.3) is 0 Å². The summed E-state index contributed by atoms with van der Waals surface area (Å²) in [6, 6.07) is 7.12. The number of halogens is 1. The van der Waals surface area contributed by atoms with Crippen molar-refractivity contribution in [1.82, 2.24) is 10.3 Å². The third kappa shape index (κ3) is 4.78. The number of benzene rings is 1. The van der Waals surface area contributed by atoms with Crippen LogP contribution >= 0.6 is 23.1 Å². The standard InChI is InChI=1S/C17H19FN2OS2/c18-15-8-4-1-5-12(15)10-22-17-20-14(11-23-17)9-16(21)19-13-6-2-3-7-13/h1,4-5,8,11,13H,2-3,6-7,9-10H2,(H,19,21). The minimum atomic E-state index is -0.187. The van der Waals surface area contributed by atoms with Gasteiger partial charge in [-0.1, -0.05) is 42.8 Å². The lowest BCUT2D eigenvalue weighted by Crippen LogP contribution is -2.33. The number of thiazole rings is 1. The van der Waals surface area contributed by atoms with Crippen molar-refractivity contribution in [2.75, 3.05) is 0 Å². The number of amides is 1. The highest BCUT2D eigenvalue weighted by Gasteiger charge is 2.17. The third-order valence-corrected chi connectivity index (χ3v) is 6.02. The van der Waals surface area contributed by atoms with Gasteiger partial charge in [0, 0.05) is 17.2 Å². The smallest absolute Gasteiger partial charge is 0.226 e. The van der Waals surface area contributed by atoms with Gasteiger partial charge in [0.2, 0.25) is 5.91 Å². The van der Waals surface area contributed by atoms with Crippen LogP contribution in [0.4, 0.5) is 4.39 Å². The Bertz CT molecular complexity index is 668. The molecule has 1 N–H and O–H groups in total. The Hall–Kier alpha value is -1.40. The second kappa shape index (κ2) is 7.93. The van der Waals surface area contributed by atoms with Crippen molar-refractivity contribution in [3.63, 3.8) is 0 Å². The van der Waals surface area contributed by atoms with E-state index in [1.54, 1.807) is 12.1 Å². The molecule has 1 amide bonds. The summed E-state index contributed by atoms with van der Waals surface area (Å²) in [4.78, 5) is 16.5. The van der Waals surface area contributed by atoms with Gasteiger partial charge in [0.05, 0.1) is 12.1 Å². The molecule has 23 heavy (non-hydrogen) atoms. The van der Waals surface area contributed by atoms with Crippen molar-refractivity contribution in [2.45, 2.75) is 48.2 Å². The van der Waals surface area contributed by atoms with Gasteiger partial charge in [-0.25, -0.2) is 9.37 Å². The van der Waals surface area contributed by atoms with Crippen LogP contribution in [-0.4, -0.2) is 16.9 Å². The molecule has 1 saturated carbocycles. The Morgan fingerprint density at radius 3 is 2.91 bits per heavy atom. The van der Waals surface area contributed by atoms with Crippen molar-refractivity contribution < 1.29 is 9.18 Å². The van der Waals surface area contributed by atoms with Crippen LogP contribution in [0.3, 0.4) is 0 Å². The van der Waals surface area contributed by atoms with Gasteiger partial charge >= 0.3 is 0 Å². The van der Waals surface area contributed by atoms with E-state index in [-0.39, 0.29) is 11.7 Å². The summed E-state index contributed by atoms with van der Waals surface area (Å²) in [7, 11) is 0. The molecule has 2 aromatic rings. The predicted octanol–water partition coefficient (Wildman–Crippen LogP) is 4.18. The average molecular weight is 350 g/mol. The van der Waals surface area contributed by atoms with Gasteiger partial charge in [-0.15, -0.1) is 11.3 Å². The van der Waals surface area contributed by atoms with Gasteiger partial charge in [-0.05, 0) is 24.5 Å². The monoisotopic (exact) mass is 350 g/mol. The van der Waals surface area contributed by atoms with E-state index in [9.17, 15) is 9.18 Å². The fourth-order valence-corrected chi connectivity index (χ4v) is 4.54. The van der Waals surface area contributed by atoms with Crippen molar-refractivity contribution in [3.8, 4) is 0 Å². The summed E-state index contributed by atoms with van der Waals surface area (Å²) >= 11 is 3.01. The van der Waals surface area contributed by atoms with Crippen molar-refractivity contribution in [2.24, 2.45) is 0 Å². The molecular weight excluding hydrogens is 331 g/mol. The van der Waals surface area contributed by atoms with Gasteiger partial charge < -0.3 is 5.32 Å². The minimum absolute atomic E-state index is 0.0489. The number of carbonyl (C=O) groups is 1. The summed E-state index contributed by atoms with van der Waals surface area (Å²) in [6.45, 7) is 0. The predicted molar refractivity (Wildman–Crippen MR) is 92.2 cm³/mol. The lowest BCUT2D eigenvalue weighted by atomic mass is 10.2. The van der Waals surface area contributed by atoms with E-state index < -0.39 is 0 Å². The normalized spacial score (nSPS) is 15.0. The van der Waals surface area contributed by atoms with Crippen molar-refractivity contribution in [3.05, 3.63) is 46.7 Å².